The fraction of sp³-hybridized carbons (Fsp3) is 0.636. The van der Waals surface area contributed by atoms with Crippen molar-refractivity contribution in [3.8, 4) is 0 Å². The molecule has 1 atom stereocenters. The first-order valence-electron chi connectivity index (χ1n) is 4.74. The van der Waals surface area contributed by atoms with Crippen molar-refractivity contribution in [2.45, 2.75) is 13.8 Å². The summed E-state index contributed by atoms with van der Waals surface area (Å²) in [6.07, 6.45) is 2.37. The highest BCUT2D eigenvalue weighted by atomic mass is 79.9. The molecule has 1 heterocycles. The summed E-state index contributed by atoms with van der Waals surface area (Å²) in [4.78, 5) is 2.46. The molecule has 0 radical (unpaired) electrons. The summed E-state index contributed by atoms with van der Waals surface area (Å²) in [6, 6.07) is 0. The first kappa shape index (κ1) is 11.0. The minimum Gasteiger partial charge on any atom is -0.295 e. The van der Waals surface area contributed by atoms with Crippen molar-refractivity contribution >= 4 is 15.9 Å². The van der Waals surface area contributed by atoms with E-state index < -0.39 is 0 Å². The molecule has 0 N–H and O–H groups in total. The fourth-order valence-electron chi connectivity index (χ4n) is 1.89. The molecule has 1 nitrogen and oxygen atoms in total. The van der Waals surface area contributed by atoms with E-state index in [-0.39, 0.29) is 0 Å². The van der Waals surface area contributed by atoms with Crippen molar-refractivity contribution in [1.29, 1.82) is 0 Å². The van der Waals surface area contributed by atoms with Gasteiger partial charge in [-0.1, -0.05) is 46.7 Å². The predicted octanol–water partition coefficient (Wildman–Crippen LogP) is 2.84. The van der Waals surface area contributed by atoms with E-state index >= 15 is 0 Å². The largest absolute Gasteiger partial charge is 0.295 e. The molecule has 2 heteroatoms. The highest BCUT2D eigenvalue weighted by molar-refractivity contribution is 9.09. The standard InChI is InChI=1S/C11H18BrN/c1-9-4-10(2)7-13(6-9)8-11(3)5-12/h4,9H,3,5-8H2,1-2H3. The fourth-order valence-corrected chi connectivity index (χ4v) is 2.07. The average Bonchev–Trinajstić information content (AvgIpc) is 2.02. The SMILES string of the molecule is C=C(CBr)CN1CC(C)=CC(C)C1. The molecule has 1 aliphatic rings. The van der Waals surface area contributed by atoms with Crippen molar-refractivity contribution in [3.63, 3.8) is 0 Å². The molecule has 0 aromatic rings. The van der Waals surface area contributed by atoms with Gasteiger partial charge in [0, 0.05) is 25.0 Å². The molecule has 0 aromatic carbocycles. The van der Waals surface area contributed by atoms with Gasteiger partial charge in [-0.3, -0.25) is 4.90 Å². The second-order valence-corrected chi connectivity index (χ2v) is 4.60. The molecule has 1 aliphatic heterocycles. The monoisotopic (exact) mass is 243 g/mol. The quantitative estimate of drug-likeness (QED) is 0.545. The van der Waals surface area contributed by atoms with Gasteiger partial charge in [0.15, 0.2) is 0 Å². The first-order chi connectivity index (χ1) is 6.11. The summed E-state index contributed by atoms with van der Waals surface area (Å²) >= 11 is 3.43. The average molecular weight is 244 g/mol. The lowest BCUT2D eigenvalue weighted by atomic mass is 10.0. The molecule has 74 valence electrons. The summed E-state index contributed by atoms with van der Waals surface area (Å²) in [5, 5.41) is 0.917. The van der Waals surface area contributed by atoms with Crippen molar-refractivity contribution in [1.82, 2.24) is 4.90 Å². The molecule has 0 spiro atoms. The molecule has 13 heavy (non-hydrogen) atoms. The Morgan fingerprint density at radius 1 is 1.77 bits per heavy atom. The Morgan fingerprint density at radius 2 is 2.46 bits per heavy atom. The van der Waals surface area contributed by atoms with E-state index in [2.05, 4.69) is 47.3 Å². The number of nitrogens with zero attached hydrogens (tertiary/aromatic N) is 1. The Kier molecular flexibility index (Phi) is 4.20. The van der Waals surface area contributed by atoms with E-state index in [9.17, 15) is 0 Å². The number of hydrogen-bond acceptors (Lipinski definition) is 1. The van der Waals surface area contributed by atoms with Crippen LogP contribution in [0.1, 0.15) is 13.8 Å². The zero-order valence-electron chi connectivity index (χ0n) is 8.52. The van der Waals surface area contributed by atoms with Crippen LogP contribution in [0.3, 0.4) is 0 Å². The lowest BCUT2D eigenvalue weighted by Gasteiger charge is -2.29. The molecule has 0 saturated carbocycles. The van der Waals surface area contributed by atoms with Crippen LogP contribution in [0.2, 0.25) is 0 Å². The minimum absolute atomic E-state index is 0.692. The van der Waals surface area contributed by atoms with Crippen LogP contribution in [-0.2, 0) is 0 Å². The van der Waals surface area contributed by atoms with Gasteiger partial charge in [0.25, 0.3) is 0 Å². The second-order valence-electron chi connectivity index (χ2n) is 4.04. The van der Waals surface area contributed by atoms with Gasteiger partial charge >= 0.3 is 0 Å². The zero-order valence-corrected chi connectivity index (χ0v) is 10.1. The maximum Gasteiger partial charge on any atom is 0.0251 e. The molecule has 1 rings (SSSR count). The Morgan fingerprint density at radius 3 is 3.00 bits per heavy atom. The summed E-state index contributed by atoms with van der Waals surface area (Å²) in [5.74, 6) is 0.692. The van der Waals surface area contributed by atoms with Gasteiger partial charge in [0.05, 0.1) is 0 Å². The zero-order chi connectivity index (χ0) is 9.84. The van der Waals surface area contributed by atoms with E-state index in [1.165, 1.54) is 17.7 Å². The molecular weight excluding hydrogens is 226 g/mol. The van der Waals surface area contributed by atoms with Crippen LogP contribution in [-0.4, -0.2) is 29.9 Å². The third-order valence-corrected chi connectivity index (χ3v) is 3.02. The van der Waals surface area contributed by atoms with E-state index in [0.29, 0.717) is 5.92 Å². The lowest BCUT2D eigenvalue weighted by Crippen LogP contribution is -2.34. The number of rotatable bonds is 3. The summed E-state index contributed by atoms with van der Waals surface area (Å²) in [5.41, 5.74) is 2.75. The van der Waals surface area contributed by atoms with Crippen molar-refractivity contribution in [2.75, 3.05) is 25.0 Å². The molecular formula is C11H18BrN. The molecule has 0 aliphatic carbocycles. The minimum atomic E-state index is 0.692. The summed E-state index contributed by atoms with van der Waals surface area (Å²) < 4.78 is 0. The van der Waals surface area contributed by atoms with Crippen LogP contribution >= 0.6 is 15.9 Å². The van der Waals surface area contributed by atoms with E-state index in [1.807, 2.05) is 0 Å². The first-order valence-corrected chi connectivity index (χ1v) is 5.86. The number of hydrogen-bond donors (Lipinski definition) is 0. The second kappa shape index (κ2) is 4.97. The maximum absolute atomic E-state index is 4.01. The summed E-state index contributed by atoms with van der Waals surface area (Å²) in [7, 11) is 0. The highest BCUT2D eigenvalue weighted by Gasteiger charge is 2.14. The van der Waals surface area contributed by atoms with Crippen LogP contribution < -0.4 is 0 Å². The Balaban J connectivity index is 2.45. The molecule has 1 unspecified atom stereocenters. The molecule has 0 aromatic heterocycles. The maximum atomic E-state index is 4.01. The Bertz CT molecular complexity index is 220. The van der Waals surface area contributed by atoms with Crippen molar-refractivity contribution < 1.29 is 0 Å². The van der Waals surface area contributed by atoms with Gasteiger partial charge in [-0.25, -0.2) is 0 Å². The highest BCUT2D eigenvalue weighted by Crippen LogP contribution is 2.15. The van der Waals surface area contributed by atoms with Crippen LogP contribution in [0.25, 0.3) is 0 Å². The van der Waals surface area contributed by atoms with Crippen LogP contribution in [0.4, 0.5) is 0 Å². The lowest BCUT2D eigenvalue weighted by molar-refractivity contribution is 0.279. The van der Waals surface area contributed by atoms with Gasteiger partial charge in [-0.15, -0.1) is 0 Å². The predicted molar refractivity (Wildman–Crippen MR) is 62.3 cm³/mol. The van der Waals surface area contributed by atoms with Gasteiger partial charge in [-0.05, 0) is 12.8 Å². The van der Waals surface area contributed by atoms with Gasteiger partial charge in [-0.2, -0.15) is 0 Å². The van der Waals surface area contributed by atoms with Gasteiger partial charge in [0.2, 0.25) is 0 Å². The van der Waals surface area contributed by atoms with Crippen LogP contribution in [0, 0.1) is 5.92 Å². The molecule has 0 fully saturated rings. The number of halogens is 1. The Hall–Kier alpha value is -0.0800. The molecule has 0 saturated heterocycles. The topological polar surface area (TPSA) is 3.24 Å². The smallest absolute Gasteiger partial charge is 0.0251 e. The van der Waals surface area contributed by atoms with Crippen molar-refractivity contribution in [3.05, 3.63) is 23.8 Å². The van der Waals surface area contributed by atoms with E-state index in [4.69, 9.17) is 0 Å². The normalized spacial score (nSPS) is 24.2. The van der Waals surface area contributed by atoms with E-state index in [1.54, 1.807) is 0 Å². The van der Waals surface area contributed by atoms with Gasteiger partial charge in [0.1, 0.15) is 0 Å². The number of alkyl halides is 1. The summed E-state index contributed by atoms with van der Waals surface area (Å²) in [6.45, 7) is 11.8. The molecule has 0 bridgehead atoms. The van der Waals surface area contributed by atoms with Crippen molar-refractivity contribution in [2.24, 2.45) is 5.92 Å². The van der Waals surface area contributed by atoms with Crippen LogP contribution in [0.5, 0.6) is 0 Å². The Labute approximate surface area is 89.6 Å². The van der Waals surface area contributed by atoms with Crippen LogP contribution in [0.15, 0.2) is 23.8 Å². The van der Waals surface area contributed by atoms with Gasteiger partial charge < -0.3 is 0 Å². The van der Waals surface area contributed by atoms with E-state index in [0.717, 1.165) is 18.4 Å². The third-order valence-electron chi connectivity index (χ3n) is 2.22. The molecule has 0 amide bonds. The third kappa shape index (κ3) is 3.65.